The van der Waals surface area contributed by atoms with Crippen molar-refractivity contribution in [2.24, 2.45) is 0 Å². The van der Waals surface area contributed by atoms with E-state index in [0.717, 1.165) is 23.9 Å². The van der Waals surface area contributed by atoms with Gasteiger partial charge in [0.1, 0.15) is 17.3 Å². The maximum absolute atomic E-state index is 13.5. The quantitative estimate of drug-likeness (QED) is 0.275. The van der Waals surface area contributed by atoms with E-state index in [-0.39, 0.29) is 27.1 Å². The molecular weight excluding hydrogens is 391 g/mol. The Morgan fingerprint density at radius 3 is 2.82 bits per heavy atom. The zero-order valence-corrected chi connectivity index (χ0v) is 15.2. The number of nitro groups is 1. The summed E-state index contributed by atoms with van der Waals surface area (Å²) in [6.07, 6.45) is 1.84. The van der Waals surface area contributed by atoms with Crippen LogP contribution in [0.1, 0.15) is 18.5 Å². The average Bonchev–Trinajstić information content (AvgIpc) is 3.30. The number of nitrogens with one attached hydrogen (secondary N) is 1. The molecule has 1 N–H and O–H groups in total. The number of thioether (sulfide) groups is 1. The molecule has 11 heteroatoms. The number of carbonyl (C=O) groups excluding carboxylic acids is 1. The lowest BCUT2D eigenvalue weighted by molar-refractivity contribution is -0.387. The number of aryl methyl sites for hydroxylation is 1. The summed E-state index contributed by atoms with van der Waals surface area (Å²) in [6.45, 7) is 1.87. The molecule has 0 unspecified atom stereocenters. The normalized spacial score (nSPS) is 11.6. The molecule has 0 spiro atoms. The highest BCUT2D eigenvalue weighted by molar-refractivity contribution is 8.04. The van der Waals surface area contributed by atoms with Crippen LogP contribution in [0.15, 0.2) is 44.8 Å². The van der Waals surface area contributed by atoms with Gasteiger partial charge in [0, 0.05) is 23.0 Å². The fourth-order valence-electron chi connectivity index (χ4n) is 2.23. The maximum Gasteiger partial charge on any atom is 0.305 e. The Morgan fingerprint density at radius 1 is 1.39 bits per heavy atom. The fraction of sp³-hybridized carbons (Fsp3) is 0.118. The molecule has 0 atom stereocenters. The van der Waals surface area contributed by atoms with Gasteiger partial charge in [0.2, 0.25) is 11.0 Å². The van der Waals surface area contributed by atoms with E-state index >= 15 is 0 Å². The third-order valence-electron chi connectivity index (χ3n) is 3.58. The predicted octanol–water partition coefficient (Wildman–Crippen LogP) is 2.56. The van der Waals surface area contributed by atoms with Gasteiger partial charge in [0.25, 0.3) is 0 Å². The largest absolute Gasteiger partial charge is 0.544 e. The summed E-state index contributed by atoms with van der Waals surface area (Å²) >= 11 is 0.788. The number of carboxylic acid groups (broad SMARTS) is 1. The SMILES string of the molecule is CCc1nc(S/C(=C/c2ccc(-c3ccc(F)c([N+](=O)[O-])c3)o2)C(=O)[O-])n[nH]1. The number of aliphatic carboxylic acids is 1. The van der Waals surface area contributed by atoms with Gasteiger partial charge in [-0.2, -0.15) is 4.39 Å². The molecule has 2 aromatic heterocycles. The molecule has 0 radical (unpaired) electrons. The van der Waals surface area contributed by atoms with E-state index in [2.05, 4.69) is 15.2 Å². The summed E-state index contributed by atoms with van der Waals surface area (Å²) < 4.78 is 19.0. The Bertz CT molecular complexity index is 1080. The van der Waals surface area contributed by atoms with Gasteiger partial charge in [-0.3, -0.25) is 15.2 Å². The fourth-order valence-corrected chi connectivity index (χ4v) is 2.93. The predicted molar refractivity (Wildman–Crippen MR) is 95.4 cm³/mol. The second-order valence-electron chi connectivity index (χ2n) is 5.44. The monoisotopic (exact) mass is 403 g/mol. The standard InChI is InChI=1S/C17H13FN4O5S/c1-2-15-19-17(21-20-15)28-14(16(23)24)8-10-4-6-13(27-10)9-3-5-11(18)12(7-9)22(25)26/h3-8H,2H2,1H3,(H,23,24)(H,19,20,21)/p-1/b14-8+. The van der Waals surface area contributed by atoms with E-state index < -0.39 is 22.4 Å². The van der Waals surface area contributed by atoms with Crippen molar-refractivity contribution in [3.05, 3.63) is 62.8 Å². The smallest absolute Gasteiger partial charge is 0.305 e. The van der Waals surface area contributed by atoms with Gasteiger partial charge >= 0.3 is 5.69 Å². The van der Waals surface area contributed by atoms with Crippen LogP contribution < -0.4 is 5.11 Å². The Labute approximate surface area is 161 Å². The van der Waals surface area contributed by atoms with E-state index in [1.165, 1.54) is 24.3 Å². The summed E-state index contributed by atoms with van der Waals surface area (Å²) in [7, 11) is 0. The summed E-state index contributed by atoms with van der Waals surface area (Å²) in [5.74, 6) is -1.42. The van der Waals surface area contributed by atoms with Crippen LogP contribution in [0.25, 0.3) is 17.4 Å². The number of carbonyl (C=O) groups is 1. The molecule has 3 aromatic rings. The first-order chi connectivity index (χ1) is 13.4. The van der Waals surface area contributed by atoms with Gasteiger partial charge in [-0.25, -0.2) is 4.98 Å². The molecule has 144 valence electrons. The summed E-state index contributed by atoms with van der Waals surface area (Å²) in [6, 6.07) is 6.29. The second-order valence-corrected chi connectivity index (χ2v) is 6.45. The molecule has 0 bridgehead atoms. The number of halogens is 1. The van der Waals surface area contributed by atoms with E-state index in [1.54, 1.807) is 0 Å². The molecule has 0 amide bonds. The number of aromatic nitrogens is 3. The van der Waals surface area contributed by atoms with Crippen LogP contribution in [0.5, 0.6) is 0 Å². The van der Waals surface area contributed by atoms with Crippen LogP contribution in [0.3, 0.4) is 0 Å². The summed E-state index contributed by atoms with van der Waals surface area (Å²) in [5.41, 5.74) is -0.412. The minimum absolute atomic E-state index is 0.167. The van der Waals surface area contributed by atoms with E-state index in [9.17, 15) is 24.4 Å². The molecule has 0 saturated heterocycles. The number of hydrogen-bond acceptors (Lipinski definition) is 8. The van der Waals surface area contributed by atoms with Crippen molar-refractivity contribution in [1.82, 2.24) is 15.2 Å². The first kappa shape index (κ1) is 19.3. The molecule has 0 saturated carbocycles. The number of benzene rings is 1. The van der Waals surface area contributed by atoms with E-state index in [0.29, 0.717) is 12.2 Å². The van der Waals surface area contributed by atoms with Crippen molar-refractivity contribution in [3.8, 4) is 11.3 Å². The van der Waals surface area contributed by atoms with E-state index in [1.807, 2.05) is 6.92 Å². The van der Waals surface area contributed by atoms with Gasteiger partial charge in [0.05, 0.1) is 10.9 Å². The molecule has 0 aliphatic carbocycles. The molecular formula is C17H12FN4O5S-. The highest BCUT2D eigenvalue weighted by atomic mass is 32.2. The minimum Gasteiger partial charge on any atom is -0.544 e. The van der Waals surface area contributed by atoms with Gasteiger partial charge in [-0.15, -0.1) is 5.10 Å². The molecule has 0 aliphatic heterocycles. The van der Waals surface area contributed by atoms with Crippen LogP contribution in [0.2, 0.25) is 0 Å². The van der Waals surface area contributed by atoms with Gasteiger partial charge in [0.15, 0.2) is 0 Å². The zero-order chi connectivity index (χ0) is 20.3. The van der Waals surface area contributed by atoms with Crippen LogP contribution >= 0.6 is 11.8 Å². The summed E-state index contributed by atoms with van der Waals surface area (Å²) in [4.78, 5) is 25.3. The number of aromatic amines is 1. The van der Waals surface area contributed by atoms with Crippen LogP contribution in [0, 0.1) is 15.9 Å². The number of nitrogens with zero attached hydrogens (tertiary/aromatic N) is 3. The van der Waals surface area contributed by atoms with E-state index in [4.69, 9.17) is 4.42 Å². The molecule has 0 aliphatic rings. The topological polar surface area (TPSA) is 138 Å². The third-order valence-corrected chi connectivity index (χ3v) is 4.45. The number of hydrogen-bond donors (Lipinski definition) is 1. The number of H-pyrrole nitrogens is 1. The number of carboxylic acids is 1. The lowest BCUT2D eigenvalue weighted by Crippen LogP contribution is -2.23. The van der Waals surface area contributed by atoms with Crippen LogP contribution in [-0.4, -0.2) is 26.1 Å². The lowest BCUT2D eigenvalue weighted by atomic mass is 10.1. The van der Waals surface area contributed by atoms with Gasteiger partial charge in [-0.1, -0.05) is 6.92 Å². The Hall–Kier alpha value is -3.47. The number of nitro benzene ring substituents is 1. The summed E-state index contributed by atoms with van der Waals surface area (Å²) in [5, 5.41) is 29.1. The van der Waals surface area contributed by atoms with Crippen LogP contribution in [0.4, 0.5) is 10.1 Å². The van der Waals surface area contributed by atoms with Crippen molar-refractivity contribution in [1.29, 1.82) is 0 Å². The van der Waals surface area contributed by atoms with Gasteiger partial charge in [-0.05, 0) is 42.1 Å². The Balaban J connectivity index is 1.88. The second kappa shape index (κ2) is 8.05. The van der Waals surface area contributed by atoms with Crippen LogP contribution in [-0.2, 0) is 11.2 Å². The number of furan rings is 1. The first-order valence-electron chi connectivity index (χ1n) is 7.93. The van der Waals surface area contributed by atoms with Crippen molar-refractivity contribution in [2.45, 2.75) is 18.5 Å². The molecule has 1 aromatic carbocycles. The zero-order valence-electron chi connectivity index (χ0n) is 14.3. The Morgan fingerprint density at radius 2 is 2.18 bits per heavy atom. The molecule has 2 heterocycles. The molecule has 0 fully saturated rings. The first-order valence-corrected chi connectivity index (χ1v) is 8.75. The highest BCUT2D eigenvalue weighted by Crippen LogP contribution is 2.30. The average molecular weight is 403 g/mol. The van der Waals surface area contributed by atoms with Crippen molar-refractivity contribution in [2.75, 3.05) is 0 Å². The molecule has 28 heavy (non-hydrogen) atoms. The van der Waals surface area contributed by atoms with Crippen molar-refractivity contribution in [3.63, 3.8) is 0 Å². The lowest BCUT2D eigenvalue weighted by Gasteiger charge is -2.04. The maximum atomic E-state index is 13.5. The van der Waals surface area contributed by atoms with Crippen molar-refractivity contribution >= 4 is 29.5 Å². The highest BCUT2D eigenvalue weighted by Gasteiger charge is 2.16. The Kier molecular flexibility index (Phi) is 5.54. The molecule has 9 nitrogen and oxygen atoms in total. The number of rotatable bonds is 7. The molecule has 3 rings (SSSR count). The van der Waals surface area contributed by atoms with Gasteiger partial charge < -0.3 is 14.3 Å². The minimum atomic E-state index is -1.44. The third kappa shape index (κ3) is 4.26. The van der Waals surface area contributed by atoms with Crippen molar-refractivity contribution < 1.29 is 23.6 Å².